The van der Waals surface area contributed by atoms with Gasteiger partial charge in [0.2, 0.25) is 15.6 Å². The van der Waals surface area contributed by atoms with E-state index in [1.807, 2.05) is 6.92 Å². The lowest BCUT2D eigenvalue weighted by Gasteiger charge is -2.17. The number of Topliss-reactive ketones (excluding diaryl/α,β-unsaturated/α-hetero) is 1. The summed E-state index contributed by atoms with van der Waals surface area (Å²) in [5, 5.41) is 0.338. The van der Waals surface area contributed by atoms with Crippen LogP contribution in [-0.4, -0.2) is 28.3 Å². The number of hydrogen-bond acceptors (Lipinski definition) is 5. The van der Waals surface area contributed by atoms with Gasteiger partial charge in [0.1, 0.15) is 4.91 Å². The second kappa shape index (κ2) is 8.12. The quantitative estimate of drug-likeness (QED) is 0.546. The Morgan fingerprint density at radius 2 is 1.31 bits per heavy atom. The van der Waals surface area contributed by atoms with Crippen molar-refractivity contribution in [3.8, 4) is 0 Å². The number of benzene rings is 3. The summed E-state index contributed by atoms with van der Waals surface area (Å²) in [5.41, 5.74) is 1.04. The van der Waals surface area contributed by atoms with Crippen LogP contribution in [0.15, 0.2) is 98.0 Å². The molecule has 0 saturated heterocycles. The maximum atomic E-state index is 13.2. The first-order chi connectivity index (χ1) is 15.1. The molecule has 0 fully saturated rings. The van der Waals surface area contributed by atoms with E-state index in [1.54, 1.807) is 24.3 Å². The van der Waals surface area contributed by atoms with E-state index in [-0.39, 0.29) is 26.6 Å². The van der Waals surface area contributed by atoms with Crippen LogP contribution in [0, 0.1) is 6.92 Å². The zero-order chi connectivity index (χ0) is 23.1. The molecular formula is C23H16ClNO5S2. The fraction of sp³-hybridized carbons (Fsp3) is 0.0435. The van der Waals surface area contributed by atoms with Crippen LogP contribution in [-0.2, 0) is 19.9 Å². The molecule has 6 nitrogen and oxygen atoms in total. The number of sulfone groups is 1. The number of ketones is 1. The number of carbonyl (C=O) groups excluding carboxylic acids is 1. The maximum absolute atomic E-state index is 13.2. The number of allylic oxidation sites excluding steroid dienone is 2. The zero-order valence-electron chi connectivity index (χ0n) is 16.7. The van der Waals surface area contributed by atoms with Crippen LogP contribution in [0.3, 0.4) is 0 Å². The Hall–Kier alpha value is -3.07. The van der Waals surface area contributed by atoms with Crippen molar-refractivity contribution in [2.24, 2.45) is 4.40 Å². The van der Waals surface area contributed by atoms with Crippen molar-refractivity contribution in [2.75, 3.05) is 0 Å². The van der Waals surface area contributed by atoms with Crippen LogP contribution < -0.4 is 0 Å². The number of rotatable bonds is 4. The molecule has 0 saturated carbocycles. The molecule has 0 bridgehead atoms. The van der Waals surface area contributed by atoms with Crippen molar-refractivity contribution < 1.29 is 21.6 Å². The third-order valence-corrected chi connectivity index (χ3v) is 8.22. The number of aryl methyl sites for hydroxylation is 1. The summed E-state index contributed by atoms with van der Waals surface area (Å²) in [6.45, 7) is 1.82. The molecule has 0 amide bonds. The Morgan fingerprint density at radius 1 is 0.750 bits per heavy atom. The van der Waals surface area contributed by atoms with Gasteiger partial charge in [-0.2, -0.15) is 12.8 Å². The highest BCUT2D eigenvalue weighted by atomic mass is 35.5. The first-order valence-electron chi connectivity index (χ1n) is 9.38. The standard InChI is InChI=1S/C23H16ClNO5S2/c1-15-6-10-18(11-7-15)32(29,30)25-21-14-22(23(26)20-5-3-2-4-19(20)21)31(27,28)17-12-8-16(24)9-13-17/h2-14H,1H3/b25-21+. The van der Waals surface area contributed by atoms with Crippen LogP contribution in [0.1, 0.15) is 21.5 Å². The average Bonchev–Trinajstić information content (AvgIpc) is 2.76. The van der Waals surface area contributed by atoms with Crippen molar-refractivity contribution in [1.82, 2.24) is 0 Å². The largest absolute Gasteiger partial charge is 0.288 e. The molecule has 0 aliphatic heterocycles. The molecule has 3 aromatic rings. The Kier molecular flexibility index (Phi) is 5.62. The molecule has 1 aliphatic rings. The van der Waals surface area contributed by atoms with Crippen molar-refractivity contribution in [2.45, 2.75) is 16.7 Å². The van der Waals surface area contributed by atoms with E-state index in [4.69, 9.17) is 11.6 Å². The Labute approximate surface area is 190 Å². The molecule has 162 valence electrons. The summed E-state index contributed by atoms with van der Waals surface area (Å²) in [5.74, 6) is -0.734. The molecule has 0 heterocycles. The molecule has 0 atom stereocenters. The second-order valence-electron chi connectivity index (χ2n) is 7.11. The summed E-state index contributed by atoms with van der Waals surface area (Å²) < 4.78 is 56.1. The van der Waals surface area contributed by atoms with Gasteiger partial charge in [0.15, 0.2) is 0 Å². The van der Waals surface area contributed by atoms with Gasteiger partial charge in [0.05, 0.1) is 15.5 Å². The number of halogens is 1. The maximum Gasteiger partial charge on any atom is 0.282 e. The highest BCUT2D eigenvalue weighted by molar-refractivity contribution is 7.96. The molecular weight excluding hydrogens is 470 g/mol. The Bertz CT molecular complexity index is 1500. The SMILES string of the molecule is Cc1ccc(S(=O)(=O)/N=C2\C=C(S(=O)(=O)c3ccc(Cl)cc3)C(=O)c3ccccc32)cc1. The third-order valence-electron chi connectivity index (χ3n) is 4.89. The molecule has 32 heavy (non-hydrogen) atoms. The van der Waals surface area contributed by atoms with Crippen LogP contribution in [0.5, 0.6) is 0 Å². The fourth-order valence-electron chi connectivity index (χ4n) is 3.21. The molecule has 0 aromatic heterocycles. The van der Waals surface area contributed by atoms with Crippen LogP contribution >= 0.6 is 11.6 Å². The first-order valence-corrected chi connectivity index (χ1v) is 12.7. The van der Waals surface area contributed by atoms with Crippen molar-refractivity contribution in [3.63, 3.8) is 0 Å². The van der Waals surface area contributed by atoms with Gasteiger partial charge in [-0.25, -0.2) is 8.42 Å². The summed E-state index contributed by atoms with van der Waals surface area (Å²) >= 11 is 5.84. The van der Waals surface area contributed by atoms with Gasteiger partial charge in [0, 0.05) is 16.1 Å². The third kappa shape index (κ3) is 4.04. The second-order valence-corrected chi connectivity index (χ2v) is 11.1. The van der Waals surface area contributed by atoms with Crippen LogP contribution in [0.25, 0.3) is 0 Å². The number of fused-ring (bicyclic) bond motifs is 1. The molecule has 9 heteroatoms. The molecule has 1 aliphatic carbocycles. The molecule has 0 spiro atoms. The van der Waals surface area contributed by atoms with Crippen molar-refractivity contribution in [1.29, 1.82) is 0 Å². The van der Waals surface area contributed by atoms with Gasteiger partial charge < -0.3 is 0 Å². The molecule has 4 rings (SSSR count). The Morgan fingerprint density at radius 3 is 1.94 bits per heavy atom. The number of sulfonamides is 1. The molecule has 0 radical (unpaired) electrons. The summed E-state index contributed by atoms with van der Waals surface area (Å²) in [6, 6.07) is 17.6. The minimum atomic E-state index is -4.25. The monoisotopic (exact) mass is 485 g/mol. The lowest BCUT2D eigenvalue weighted by Crippen LogP contribution is -2.23. The highest BCUT2D eigenvalue weighted by Crippen LogP contribution is 2.30. The van der Waals surface area contributed by atoms with E-state index in [9.17, 15) is 21.6 Å². The normalized spacial score (nSPS) is 15.4. The van der Waals surface area contributed by atoms with E-state index >= 15 is 0 Å². The van der Waals surface area contributed by atoms with Crippen LogP contribution in [0.2, 0.25) is 5.02 Å². The number of nitrogens with zero attached hydrogens (tertiary/aromatic N) is 1. The minimum Gasteiger partial charge on any atom is -0.288 e. The van der Waals surface area contributed by atoms with Gasteiger partial charge in [-0.05, 0) is 49.4 Å². The minimum absolute atomic E-state index is 0.0412. The van der Waals surface area contributed by atoms with Gasteiger partial charge in [-0.3, -0.25) is 4.79 Å². The van der Waals surface area contributed by atoms with Gasteiger partial charge in [-0.1, -0.05) is 53.6 Å². The van der Waals surface area contributed by atoms with E-state index in [2.05, 4.69) is 4.40 Å². The molecule has 0 unspecified atom stereocenters. The molecule has 0 N–H and O–H groups in total. The smallest absolute Gasteiger partial charge is 0.282 e. The lowest BCUT2D eigenvalue weighted by atomic mass is 9.94. The van der Waals surface area contributed by atoms with E-state index in [0.29, 0.717) is 5.02 Å². The summed E-state index contributed by atoms with van der Waals surface area (Å²) in [6.07, 6.45) is 1.01. The highest BCUT2D eigenvalue weighted by Gasteiger charge is 2.34. The van der Waals surface area contributed by atoms with E-state index in [0.717, 1.165) is 11.6 Å². The lowest BCUT2D eigenvalue weighted by molar-refractivity contribution is 0.104. The number of carbonyl (C=O) groups is 1. The number of hydrogen-bond donors (Lipinski definition) is 0. The Balaban J connectivity index is 1.92. The molecule has 3 aromatic carbocycles. The van der Waals surface area contributed by atoms with Gasteiger partial charge >= 0.3 is 0 Å². The predicted octanol–water partition coefficient (Wildman–Crippen LogP) is 4.38. The summed E-state index contributed by atoms with van der Waals surface area (Å²) in [7, 11) is -8.41. The average molecular weight is 486 g/mol. The van der Waals surface area contributed by atoms with Crippen LogP contribution in [0.4, 0.5) is 0 Å². The van der Waals surface area contributed by atoms with Gasteiger partial charge in [0.25, 0.3) is 10.0 Å². The fourth-order valence-corrected chi connectivity index (χ4v) is 5.70. The first kappa shape index (κ1) is 22.1. The van der Waals surface area contributed by atoms with Gasteiger partial charge in [-0.15, -0.1) is 0 Å². The van der Waals surface area contributed by atoms with Crippen molar-refractivity contribution in [3.05, 3.63) is 105 Å². The van der Waals surface area contributed by atoms with E-state index < -0.39 is 30.5 Å². The topological polar surface area (TPSA) is 97.7 Å². The van der Waals surface area contributed by atoms with E-state index in [1.165, 1.54) is 48.5 Å². The zero-order valence-corrected chi connectivity index (χ0v) is 19.1. The van der Waals surface area contributed by atoms with Crippen molar-refractivity contribution >= 4 is 43.0 Å². The predicted molar refractivity (Wildman–Crippen MR) is 122 cm³/mol. The summed E-state index contributed by atoms with van der Waals surface area (Å²) in [4.78, 5) is 12.3.